The predicted molar refractivity (Wildman–Crippen MR) is 46.1 cm³/mol. The van der Waals surface area contributed by atoms with Gasteiger partial charge >= 0.3 is 5.97 Å². The number of carboxylic acids is 1. The van der Waals surface area contributed by atoms with Crippen molar-refractivity contribution in [2.24, 2.45) is 0 Å². The lowest BCUT2D eigenvalue weighted by Gasteiger charge is -2.00. The van der Waals surface area contributed by atoms with Gasteiger partial charge in [0, 0.05) is 12.4 Å². The van der Waals surface area contributed by atoms with Crippen LogP contribution in [0.25, 0.3) is 5.82 Å². The molecule has 6 heteroatoms. The molecule has 2 heterocycles. The maximum absolute atomic E-state index is 10.7. The molecule has 0 atom stereocenters. The summed E-state index contributed by atoms with van der Waals surface area (Å²) in [7, 11) is 0. The van der Waals surface area contributed by atoms with E-state index in [1.807, 2.05) is 0 Å². The second-order valence-corrected chi connectivity index (χ2v) is 2.50. The molecule has 2 rings (SSSR count). The van der Waals surface area contributed by atoms with Gasteiger partial charge in [-0.1, -0.05) is 0 Å². The lowest BCUT2D eigenvalue weighted by Crippen LogP contribution is -2.09. The van der Waals surface area contributed by atoms with Crippen LogP contribution in [0.2, 0.25) is 0 Å². The number of aromatic carboxylic acids is 1. The highest BCUT2D eigenvalue weighted by molar-refractivity contribution is 5.86. The fourth-order valence-corrected chi connectivity index (χ4v) is 1.05. The largest absolute Gasteiger partial charge is 0.477 e. The Morgan fingerprint density at radius 1 is 1.36 bits per heavy atom. The van der Waals surface area contributed by atoms with E-state index >= 15 is 0 Å². The van der Waals surface area contributed by atoms with Crippen LogP contribution in [0.5, 0.6) is 0 Å². The van der Waals surface area contributed by atoms with Crippen molar-refractivity contribution in [2.75, 3.05) is 0 Å². The monoisotopic (exact) mass is 190 g/mol. The zero-order chi connectivity index (χ0) is 9.97. The molecule has 6 nitrogen and oxygen atoms in total. The number of carboxylic acid groups (broad SMARTS) is 1. The maximum Gasteiger partial charge on any atom is 0.354 e. The van der Waals surface area contributed by atoms with Crippen LogP contribution in [-0.2, 0) is 0 Å². The molecule has 2 aromatic rings. The summed E-state index contributed by atoms with van der Waals surface area (Å²) in [6.45, 7) is 0. The third-order valence-electron chi connectivity index (χ3n) is 1.63. The Balaban J connectivity index is 2.52. The topological polar surface area (TPSA) is 80.9 Å². The molecule has 0 bridgehead atoms. The van der Waals surface area contributed by atoms with Gasteiger partial charge in [0.05, 0.1) is 12.4 Å². The van der Waals surface area contributed by atoms with Crippen LogP contribution in [0.3, 0.4) is 0 Å². The Morgan fingerprint density at radius 2 is 2.21 bits per heavy atom. The van der Waals surface area contributed by atoms with Gasteiger partial charge in [0.2, 0.25) is 0 Å². The molecule has 0 amide bonds. The highest BCUT2D eigenvalue weighted by Crippen LogP contribution is 2.05. The molecule has 0 aromatic carbocycles. The third kappa shape index (κ3) is 1.33. The van der Waals surface area contributed by atoms with Crippen molar-refractivity contribution in [1.82, 2.24) is 19.7 Å². The van der Waals surface area contributed by atoms with Crippen LogP contribution in [0, 0.1) is 0 Å². The lowest BCUT2D eigenvalue weighted by atomic mass is 10.4. The van der Waals surface area contributed by atoms with Gasteiger partial charge in [-0.3, -0.25) is 4.98 Å². The van der Waals surface area contributed by atoms with Gasteiger partial charge in [-0.15, -0.1) is 0 Å². The van der Waals surface area contributed by atoms with Gasteiger partial charge in [0.1, 0.15) is 0 Å². The average Bonchev–Trinajstić information content (AvgIpc) is 2.67. The molecule has 0 aliphatic rings. The minimum atomic E-state index is -1.05. The first-order chi connectivity index (χ1) is 6.79. The second kappa shape index (κ2) is 3.25. The van der Waals surface area contributed by atoms with E-state index in [1.54, 1.807) is 0 Å². The van der Waals surface area contributed by atoms with E-state index in [0.717, 1.165) is 0 Å². The van der Waals surface area contributed by atoms with Crippen LogP contribution in [0.15, 0.2) is 30.9 Å². The van der Waals surface area contributed by atoms with Crippen molar-refractivity contribution in [1.29, 1.82) is 0 Å². The zero-order valence-corrected chi connectivity index (χ0v) is 7.03. The highest BCUT2D eigenvalue weighted by Gasteiger charge is 2.11. The summed E-state index contributed by atoms with van der Waals surface area (Å²) >= 11 is 0. The highest BCUT2D eigenvalue weighted by atomic mass is 16.4. The number of hydrogen-bond donors (Lipinski definition) is 1. The number of rotatable bonds is 2. The van der Waals surface area contributed by atoms with Gasteiger partial charge in [-0.05, 0) is 6.07 Å². The van der Waals surface area contributed by atoms with Crippen molar-refractivity contribution in [2.45, 2.75) is 0 Å². The molecule has 0 spiro atoms. The summed E-state index contributed by atoms with van der Waals surface area (Å²) in [4.78, 5) is 18.5. The first kappa shape index (κ1) is 8.36. The smallest absolute Gasteiger partial charge is 0.354 e. The van der Waals surface area contributed by atoms with Gasteiger partial charge in [0.25, 0.3) is 0 Å². The Kier molecular flexibility index (Phi) is 1.94. The Bertz CT molecular complexity index is 451. The Morgan fingerprint density at radius 3 is 2.86 bits per heavy atom. The van der Waals surface area contributed by atoms with Crippen LogP contribution in [0.4, 0.5) is 0 Å². The summed E-state index contributed by atoms with van der Waals surface area (Å²) in [5, 5.41) is 12.6. The van der Waals surface area contributed by atoms with Crippen molar-refractivity contribution in [3.8, 4) is 5.82 Å². The first-order valence-electron chi connectivity index (χ1n) is 3.83. The molecule has 0 saturated heterocycles. The number of nitrogens with zero attached hydrogens (tertiary/aromatic N) is 4. The fraction of sp³-hybridized carbons (Fsp3) is 0. The van der Waals surface area contributed by atoms with Gasteiger partial charge in [0.15, 0.2) is 11.5 Å². The Labute approximate surface area is 78.9 Å². The molecule has 0 aliphatic heterocycles. The van der Waals surface area contributed by atoms with Crippen LogP contribution in [0.1, 0.15) is 10.5 Å². The molecule has 1 N–H and O–H groups in total. The second-order valence-electron chi connectivity index (χ2n) is 2.50. The summed E-state index contributed by atoms with van der Waals surface area (Å²) in [5.41, 5.74) is 0.0606. The maximum atomic E-state index is 10.7. The van der Waals surface area contributed by atoms with E-state index in [1.165, 1.54) is 35.5 Å². The molecule has 70 valence electrons. The molecule has 0 fully saturated rings. The van der Waals surface area contributed by atoms with Crippen LogP contribution < -0.4 is 0 Å². The summed E-state index contributed by atoms with van der Waals surface area (Å²) in [6, 6.07) is 1.40. The van der Waals surface area contributed by atoms with E-state index in [2.05, 4.69) is 15.1 Å². The van der Waals surface area contributed by atoms with Crippen LogP contribution >= 0.6 is 0 Å². The average molecular weight is 190 g/mol. The zero-order valence-electron chi connectivity index (χ0n) is 7.03. The van der Waals surface area contributed by atoms with E-state index in [4.69, 9.17) is 5.11 Å². The quantitative estimate of drug-likeness (QED) is 0.739. The molecule has 0 saturated carbocycles. The van der Waals surface area contributed by atoms with E-state index < -0.39 is 5.97 Å². The SMILES string of the molecule is O=C(O)c1ccnn1-c1cnccn1. The summed E-state index contributed by atoms with van der Waals surface area (Å²) in [6.07, 6.45) is 5.83. The number of aromatic nitrogens is 4. The van der Waals surface area contributed by atoms with Crippen LogP contribution in [-0.4, -0.2) is 30.8 Å². The van der Waals surface area contributed by atoms with Crippen molar-refractivity contribution >= 4 is 5.97 Å². The normalized spacial score (nSPS) is 10.0. The molecule has 0 unspecified atom stereocenters. The molecule has 0 radical (unpaired) electrons. The molecule has 0 aliphatic carbocycles. The first-order valence-corrected chi connectivity index (χ1v) is 3.83. The lowest BCUT2D eigenvalue weighted by molar-refractivity contribution is 0.0687. The minimum absolute atomic E-state index is 0.0606. The van der Waals surface area contributed by atoms with Gasteiger partial charge in [-0.2, -0.15) is 5.10 Å². The molecule has 2 aromatic heterocycles. The predicted octanol–water partition coefficient (Wildman–Crippen LogP) is 0.360. The summed E-state index contributed by atoms with van der Waals surface area (Å²) in [5.74, 6) is -0.664. The fourth-order valence-electron chi connectivity index (χ4n) is 1.05. The van der Waals surface area contributed by atoms with Gasteiger partial charge in [-0.25, -0.2) is 14.5 Å². The van der Waals surface area contributed by atoms with E-state index in [0.29, 0.717) is 5.82 Å². The number of hydrogen-bond acceptors (Lipinski definition) is 4. The third-order valence-corrected chi connectivity index (χ3v) is 1.63. The standard InChI is InChI=1S/C8H6N4O2/c13-8(14)6-1-2-11-12(6)7-5-9-3-4-10-7/h1-5H,(H,13,14). The van der Waals surface area contributed by atoms with Crippen molar-refractivity contribution in [3.63, 3.8) is 0 Å². The van der Waals surface area contributed by atoms with E-state index in [-0.39, 0.29) is 5.69 Å². The van der Waals surface area contributed by atoms with Crippen molar-refractivity contribution in [3.05, 3.63) is 36.5 Å². The molecule has 14 heavy (non-hydrogen) atoms. The van der Waals surface area contributed by atoms with Crippen molar-refractivity contribution < 1.29 is 9.90 Å². The Hall–Kier alpha value is -2.24. The number of carbonyl (C=O) groups is 1. The van der Waals surface area contributed by atoms with Gasteiger partial charge < -0.3 is 5.11 Å². The molecular formula is C8H6N4O2. The summed E-state index contributed by atoms with van der Waals surface area (Å²) < 4.78 is 1.22. The van der Waals surface area contributed by atoms with E-state index in [9.17, 15) is 4.79 Å². The minimum Gasteiger partial charge on any atom is -0.477 e. The molecular weight excluding hydrogens is 184 g/mol.